The molecule has 6 aromatic carbocycles. The van der Waals surface area contributed by atoms with Gasteiger partial charge in [-0.25, -0.2) is 0 Å². The molecule has 0 amide bonds. The van der Waals surface area contributed by atoms with Crippen LogP contribution in [0.5, 0.6) is 5.75 Å². The Morgan fingerprint density at radius 3 is 1.78 bits per heavy atom. The fraction of sp³-hybridized carbons (Fsp3) is 0.0909. The minimum Gasteiger partial charge on any atom is -0.489 e. The predicted octanol–water partition coefficient (Wildman–Crippen LogP) is 11.3. The quantitative estimate of drug-likeness (QED) is 0.138. The summed E-state index contributed by atoms with van der Waals surface area (Å²) in [6.07, 6.45) is 4.59. The van der Waals surface area contributed by atoms with Crippen LogP contribution in [0.15, 0.2) is 159 Å². The molecule has 0 bridgehead atoms. The van der Waals surface area contributed by atoms with Crippen molar-refractivity contribution in [3.8, 4) is 16.9 Å². The summed E-state index contributed by atoms with van der Waals surface area (Å²) in [5.41, 5.74) is 13.5. The molecule has 0 aliphatic carbocycles. The fourth-order valence-electron chi connectivity index (χ4n) is 5.93. The largest absolute Gasteiger partial charge is 0.489 e. The molecule has 6 rings (SSSR count). The molecule has 0 heterocycles. The van der Waals surface area contributed by atoms with Crippen LogP contribution in [0.1, 0.15) is 56.0 Å². The predicted molar refractivity (Wildman–Crippen MR) is 191 cm³/mol. The lowest BCUT2D eigenvalue weighted by Gasteiger charge is -2.20. The molecule has 0 aliphatic heterocycles. The van der Waals surface area contributed by atoms with Crippen LogP contribution in [0.4, 0.5) is 0 Å². The van der Waals surface area contributed by atoms with Crippen molar-refractivity contribution < 1.29 is 4.74 Å². The van der Waals surface area contributed by atoms with E-state index in [1.165, 1.54) is 44.5 Å². The van der Waals surface area contributed by atoms with Crippen molar-refractivity contribution in [2.24, 2.45) is 0 Å². The van der Waals surface area contributed by atoms with Crippen LogP contribution >= 0.6 is 0 Å². The molecule has 45 heavy (non-hydrogen) atoms. The molecular weight excluding hydrogens is 544 g/mol. The average molecular weight is 583 g/mol. The summed E-state index contributed by atoms with van der Waals surface area (Å²) in [6.45, 7) is 10.4. The van der Waals surface area contributed by atoms with Gasteiger partial charge in [-0.1, -0.05) is 159 Å². The second kappa shape index (κ2) is 13.9. The van der Waals surface area contributed by atoms with Crippen molar-refractivity contribution in [1.82, 2.24) is 0 Å². The van der Waals surface area contributed by atoms with Gasteiger partial charge in [0.25, 0.3) is 0 Å². The summed E-state index contributed by atoms with van der Waals surface area (Å²) in [5, 5.41) is 0. The van der Waals surface area contributed by atoms with E-state index in [4.69, 9.17) is 4.74 Å². The Labute approximate surface area is 267 Å². The zero-order valence-electron chi connectivity index (χ0n) is 25.8. The van der Waals surface area contributed by atoms with Crippen LogP contribution in [0.2, 0.25) is 0 Å². The van der Waals surface area contributed by atoms with Crippen LogP contribution in [-0.2, 0) is 13.0 Å². The van der Waals surface area contributed by atoms with Gasteiger partial charge in [0.15, 0.2) is 0 Å². The van der Waals surface area contributed by atoms with Gasteiger partial charge in [0, 0.05) is 5.92 Å². The summed E-state index contributed by atoms with van der Waals surface area (Å²) >= 11 is 0. The van der Waals surface area contributed by atoms with Crippen molar-refractivity contribution in [2.45, 2.75) is 25.9 Å². The van der Waals surface area contributed by atoms with Gasteiger partial charge in [-0.2, -0.15) is 0 Å². The summed E-state index contributed by atoms with van der Waals surface area (Å²) in [6, 6.07) is 52.1. The Morgan fingerprint density at radius 2 is 1.11 bits per heavy atom. The standard InChI is InChI=1S/C44H38O/c1-4-33-16-18-36(19-17-33)31-45-41-28-15-32(3)43(30-41)42-14-10-9-13-40(42)29-35-22-26-39(27-23-35)44(37-11-7-6-8-12-37)38-24-20-34(5-2)21-25-38/h4-28,30,44H,1-2,29,31H2,3H3. The number of hydrogen-bond acceptors (Lipinski definition) is 1. The van der Waals surface area contributed by atoms with Crippen molar-refractivity contribution in [1.29, 1.82) is 0 Å². The molecule has 0 aromatic heterocycles. The SMILES string of the molecule is C=Cc1ccc(COc2ccc(C)c(-c3ccccc3Cc3ccc(C(c4ccccc4)c4ccc(C=C)cc4)cc3)c2)cc1. The maximum Gasteiger partial charge on any atom is 0.120 e. The highest BCUT2D eigenvalue weighted by atomic mass is 16.5. The first-order valence-electron chi connectivity index (χ1n) is 15.5. The lowest BCUT2D eigenvalue weighted by molar-refractivity contribution is 0.306. The van der Waals surface area contributed by atoms with Gasteiger partial charge in [0.2, 0.25) is 0 Å². The zero-order valence-corrected chi connectivity index (χ0v) is 25.8. The van der Waals surface area contributed by atoms with E-state index in [1.807, 2.05) is 12.2 Å². The van der Waals surface area contributed by atoms with Crippen molar-refractivity contribution >= 4 is 12.2 Å². The van der Waals surface area contributed by atoms with Gasteiger partial charge in [0.05, 0.1) is 0 Å². The van der Waals surface area contributed by atoms with Crippen LogP contribution in [0.3, 0.4) is 0 Å². The molecule has 1 unspecified atom stereocenters. The molecule has 220 valence electrons. The Balaban J connectivity index is 1.24. The molecule has 1 nitrogen and oxygen atoms in total. The highest BCUT2D eigenvalue weighted by Gasteiger charge is 2.17. The summed E-state index contributed by atoms with van der Waals surface area (Å²) in [7, 11) is 0. The summed E-state index contributed by atoms with van der Waals surface area (Å²) in [4.78, 5) is 0. The average Bonchev–Trinajstić information content (AvgIpc) is 3.10. The number of hydrogen-bond donors (Lipinski definition) is 0. The Morgan fingerprint density at radius 1 is 0.556 bits per heavy atom. The lowest BCUT2D eigenvalue weighted by atomic mass is 9.84. The molecular formula is C44H38O. The summed E-state index contributed by atoms with van der Waals surface area (Å²) in [5.74, 6) is 1.03. The van der Waals surface area contributed by atoms with E-state index in [2.05, 4.69) is 166 Å². The molecule has 0 spiro atoms. The molecule has 1 atom stereocenters. The molecule has 0 saturated carbocycles. The first-order valence-corrected chi connectivity index (χ1v) is 15.5. The monoisotopic (exact) mass is 582 g/mol. The van der Waals surface area contributed by atoms with E-state index in [9.17, 15) is 0 Å². The van der Waals surface area contributed by atoms with Gasteiger partial charge in [-0.3, -0.25) is 0 Å². The normalized spacial score (nSPS) is 11.5. The van der Waals surface area contributed by atoms with Crippen molar-refractivity contribution in [3.05, 3.63) is 209 Å². The molecule has 0 radical (unpaired) electrons. The second-order valence-corrected chi connectivity index (χ2v) is 11.5. The molecule has 0 aliphatic rings. The number of rotatable bonds is 11. The molecule has 1 heteroatoms. The minimum absolute atomic E-state index is 0.164. The van der Waals surface area contributed by atoms with E-state index in [0.29, 0.717) is 6.61 Å². The van der Waals surface area contributed by atoms with Crippen LogP contribution in [0.25, 0.3) is 23.3 Å². The first-order chi connectivity index (χ1) is 22.1. The van der Waals surface area contributed by atoms with Gasteiger partial charge < -0.3 is 4.74 Å². The smallest absolute Gasteiger partial charge is 0.120 e. The Kier molecular flexibility index (Phi) is 9.18. The lowest BCUT2D eigenvalue weighted by Crippen LogP contribution is -2.04. The van der Waals surface area contributed by atoms with Crippen LogP contribution < -0.4 is 4.74 Å². The van der Waals surface area contributed by atoms with Crippen LogP contribution in [-0.4, -0.2) is 0 Å². The Bertz CT molecular complexity index is 1880. The third kappa shape index (κ3) is 7.06. The first kappa shape index (κ1) is 29.7. The van der Waals surface area contributed by atoms with Gasteiger partial charge in [-0.15, -0.1) is 0 Å². The van der Waals surface area contributed by atoms with Crippen molar-refractivity contribution in [2.75, 3.05) is 0 Å². The Hall–Kier alpha value is -5.40. The zero-order chi connectivity index (χ0) is 31.0. The number of aryl methyl sites for hydroxylation is 1. The van der Waals surface area contributed by atoms with E-state index in [0.717, 1.165) is 28.9 Å². The third-order valence-corrected chi connectivity index (χ3v) is 8.48. The molecule has 0 saturated heterocycles. The van der Waals surface area contributed by atoms with Gasteiger partial charge in [0.1, 0.15) is 12.4 Å². The summed E-state index contributed by atoms with van der Waals surface area (Å²) < 4.78 is 6.23. The minimum atomic E-state index is 0.164. The molecule has 0 fully saturated rings. The fourth-order valence-corrected chi connectivity index (χ4v) is 5.93. The highest BCUT2D eigenvalue weighted by Crippen LogP contribution is 2.34. The second-order valence-electron chi connectivity index (χ2n) is 11.5. The topological polar surface area (TPSA) is 9.23 Å². The van der Waals surface area contributed by atoms with Crippen molar-refractivity contribution in [3.63, 3.8) is 0 Å². The number of benzene rings is 6. The highest BCUT2D eigenvalue weighted by molar-refractivity contribution is 5.72. The van der Waals surface area contributed by atoms with E-state index in [1.54, 1.807) is 0 Å². The van der Waals surface area contributed by atoms with Gasteiger partial charge >= 0.3 is 0 Å². The molecule has 0 N–H and O–H groups in total. The van der Waals surface area contributed by atoms with E-state index < -0.39 is 0 Å². The van der Waals surface area contributed by atoms with E-state index in [-0.39, 0.29) is 5.92 Å². The maximum atomic E-state index is 6.23. The van der Waals surface area contributed by atoms with E-state index >= 15 is 0 Å². The third-order valence-electron chi connectivity index (χ3n) is 8.48. The number of ether oxygens (including phenoxy) is 1. The maximum absolute atomic E-state index is 6.23. The van der Waals surface area contributed by atoms with Gasteiger partial charge in [-0.05, 0) is 86.7 Å². The van der Waals surface area contributed by atoms with Crippen LogP contribution in [0, 0.1) is 6.92 Å². The molecule has 6 aromatic rings.